The molecule has 6 heteroatoms. The van der Waals surface area contributed by atoms with Crippen molar-refractivity contribution >= 4 is 17.7 Å². The highest BCUT2D eigenvalue weighted by molar-refractivity contribution is 7.99. The molecular formula is C17H27N3O2S. The van der Waals surface area contributed by atoms with Crippen molar-refractivity contribution in [3.05, 3.63) is 22.1 Å². The third-order valence-electron chi connectivity index (χ3n) is 4.20. The molecule has 1 N–H and O–H groups in total. The van der Waals surface area contributed by atoms with Gasteiger partial charge < -0.3 is 5.32 Å². The van der Waals surface area contributed by atoms with Crippen LogP contribution in [-0.4, -0.2) is 27.8 Å². The summed E-state index contributed by atoms with van der Waals surface area (Å²) in [4.78, 5) is 28.7. The largest absolute Gasteiger partial charge is 0.356 e. The summed E-state index contributed by atoms with van der Waals surface area (Å²) in [6.45, 7) is 5.15. The zero-order valence-electron chi connectivity index (χ0n) is 14.1. The van der Waals surface area contributed by atoms with Gasteiger partial charge in [0.1, 0.15) is 0 Å². The summed E-state index contributed by atoms with van der Waals surface area (Å²) in [5.74, 6) is 0.608. The maximum absolute atomic E-state index is 12.3. The lowest BCUT2D eigenvalue weighted by molar-refractivity contribution is -0.124. The first-order valence-electron chi connectivity index (χ1n) is 8.60. The lowest BCUT2D eigenvalue weighted by atomic mass is 10.1. The van der Waals surface area contributed by atoms with Crippen LogP contribution in [0.2, 0.25) is 0 Å². The number of thioether (sulfide) groups is 1. The van der Waals surface area contributed by atoms with Crippen molar-refractivity contribution in [3.8, 4) is 0 Å². The number of rotatable bonds is 8. The summed E-state index contributed by atoms with van der Waals surface area (Å²) in [6, 6.07) is 0. The summed E-state index contributed by atoms with van der Waals surface area (Å²) in [6.07, 6.45) is 8.91. The quantitative estimate of drug-likeness (QED) is 0.585. The molecule has 1 aromatic heterocycles. The summed E-state index contributed by atoms with van der Waals surface area (Å²) >= 11 is 1.49. The van der Waals surface area contributed by atoms with Crippen LogP contribution in [0.3, 0.4) is 0 Å². The van der Waals surface area contributed by atoms with Gasteiger partial charge in [0.15, 0.2) is 5.16 Å². The Labute approximate surface area is 142 Å². The normalized spacial score (nSPS) is 16.9. The lowest BCUT2D eigenvalue weighted by Crippen LogP contribution is -2.40. The molecule has 2 heterocycles. The molecule has 128 valence electrons. The smallest absolute Gasteiger partial charge is 0.257 e. The monoisotopic (exact) mass is 337 g/mol. The number of nitrogens with zero attached hydrogens (tertiary/aromatic N) is 2. The fourth-order valence-corrected chi connectivity index (χ4v) is 3.77. The average molecular weight is 337 g/mol. The van der Waals surface area contributed by atoms with Gasteiger partial charge in [-0.05, 0) is 13.3 Å². The molecule has 2 rings (SSSR count). The second-order valence-corrected chi connectivity index (χ2v) is 7.19. The Morgan fingerprint density at radius 1 is 1.35 bits per heavy atom. The van der Waals surface area contributed by atoms with E-state index in [4.69, 9.17) is 0 Å². The van der Waals surface area contributed by atoms with Gasteiger partial charge in [0, 0.05) is 30.6 Å². The summed E-state index contributed by atoms with van der Waals surface area (Å²) < 4.78 is 1.64. The molecule has 0 aromatic carbocycles. The highest BCUT2D eigenvalue weighted by atomic mass is 32.2. The predicted octanol–water partition coefficient (Wildman–Crippen LogP) is 2.75. The van der Waals surface area contributed by atoms with Gasteiger partial charge in [0.25, 0.3) is 5.56 Å². The third kappa shape index (κ3) is 5.09. The van der Waals surface area contributed by atoms with Crippen LogP contribution in [0.1, 0.15) is 51.0 Å². The number of hydrogen-bond acceptors (Lipinski definition) is 4. The van der Waals surface area contributed by atoms with E-state index in [1.54, 1.807) is 17.7 Å². The Kier molecular flexibility index (Phi) is 7.15. The fraction of sp³-hybridized carbons (Fsp3) is 0.706. The predicted molar refractivity (Wildman–Crippen MR) is 93.8 cm³/mol. The Bertz CT molecular complexity index is 586. The van der Waals surface area contributed by atoms with E-state index in [-0.39, 0.29) is 17.4 Å². The molecule has 1 unspecified atom stereocenters. The first-order valence-corrected chi connectivity index (χ1v) is 9.59. The maximum Gasteiger partial charge on any atom is 0.257 e. The van der Waals surface area contributed by atoms with Crippen molar-refractivity contribution in [1.82, 2.24) is 14.9 Å². The minimum Gasteiger partial charge on any atom is -0.356 e. The second kappa shape index (κ2) is 9.11. The van der Waals surface area contributed by atoms with Gasteiger partial charge in [-0.25, -0.2) is 4.98 Å². The van der Waals surface area contributed by atoms with Crippen molar-refractivity contribution in [3.63, 3.8) is 0 Å². The van der Waals surface area contributed by atoms with Crippen LogP contribution >= 0.6 is 11.8 Å². The van der Waals surface area contributed by atoms with Crippen molar-refractivity contribution in [1.29, 1.82) is 0 Å². The summed E-state index contributed by atoms with van der Waals surface area (Å²) in [5.41, 5.74) is 0.596. The van der Waals surface area contributed by atoms with Crippen LogP contribution in [0.25, 0.3) is 0 Å². The minimum absolute atomic E-state index is 0.0316. The SMILES string of the molecule is CCCCCCCCNC(=O)C1CSc2ncc(C)c(=O)n2C1. The van der Waals surface area contributed by atoms with E-state index in [9.17, 15) is 9.59 Å². The van der Waals surface area contributed by atoms with Crippen LogP contribution in [0.5, 0.6) is 0 Å². The van der Waals surface area contributed by atoms with Gasteiger partial charge in [0.05, 0.1) is 5.92 Å². The summed E-state index contributed by atoms with van der Waals surface area (Å²) in [7, 11) is 0. The van der Waals surface area contributed by atoms with Gasteiger partial charge in [-0.3, -0.25) is 14.2 Å². The molecule has 1 aliphatic heterocycles. The van der Waals surface area contributed by atoms with Crippen LogP contribution in [0.15, 0.2) is 16.1 Å². The van der Waals surface area contributed by atoms with Crippen LogP contribution in [0, 0.1) is 12.8 Å². The zero-order chi connectivity index (χ0) is 16.7. The average Bonchev–Trinajstić information content (AvgIpc) is 2.57. The number of nitrogens with one attached hydrogen (secondary N) is 1. The number of unbranched alkanes of at least 4 members (excludes halogenated alkanes) is 5. The molecule has 23 heavy (non-hydrogen) atoms. The number of aryl methyl sites for hydroxylation is 1. The second-order valence-electron chi connectivity index (χ2n) is 6.21. The van der Waals surface area contributed by atoms with Crippen molar-refractivity contribution in [2.75, 3.05) is 12.3 Å². The molecule has 1 amide bonds. The first kappa shape index (κ1) is 18.0. The zero-order valence-corrected chi connectivity index (χ0v) is 15.0. The fourth-order valence-electron chi connectivity index (χ4n) is 2.72. The molecule has 5 nitrogen and oxygen atoms in total. The molecule has 0 saturated heterocycles. The van der Waals surface area contributed by atoms with Crippen molar-refractivity contribution in [2.45, 2.75) is 64.1 Å². The van der Waals surface area contributed by atoms with E-state index in [1.165, 1.54) is 43.9 Å². The summed E-state index contributed by atoms with van der Waals surface area (Å²) in [5, 5.41) is 3.74. The Balaban J connectivity index is 1.76. The van der Waals surface area contributed by atoms with Gasteiger partial charge in [0.2, 0.25) is 5.91 Å². The van der Waals surface area contributed by atoms with Gasteiger partial charge >= 0.3 is 0 Å². The topological polar surface area (TPSA) is 64.0 Å². The van der Waals surface area contributed by atoms with E-state index < -0.39 is 0 Å². The van der Waals surface area contributed by atoms with Gasteiger partial charge in [-0.1, -0.05) is 50.8 Å². The molecule has 0 radical (unpaired) electrons. The molecule has 1 aliphatic rings. The number of amides is 1. The highest BCUT2D eigenvalue weighted by Gasteiger charge is 2.26. The third-order valence-corrected chi connectivity index (χ3v) is 5.35. The van der Waals surface area contributed by atoms with E-state index in [0.29, 0.717) is 17.9 Å². The molecule has 0 aliphatic carbocycles. The number of hydrogen-bond donors (Lipinski definition) is 1. The van der Waals surface area contributed by atoms with E-state index >= 15 is 0 Å². The number of fused-ring (bicyclic) bond motifs is 1. The van der Waals surface area contributed by atoms with Crippen LogP contribution in [0.4, 0.5) is 0 Å². The standard InChI is InChI=1S/C17H27N3O2S/c1-3-4-5-6-7-8-9-18-15(21)14-11-20-16(22)13(2)10-19-17(20)23-12-14/h10,14H,3-9,11-12H2,1-2H3,(H,18,21). The maximum atomic E-state index is 12.3. The number of aromatic nitrogens is 2. The van der Waals surface area contributed by atoms with E-state index in [2.05, 4.69) is 17.2 Å². The van der Waals surface area contributed by atoms with Gasteiger partial charge in [-0.15, -0.1) is 0 Å². The van der Waals surface area contributed by atoms with E-state index in [1.807, 2.05) is 0 Å². The molecule has 0 fully saturated rings. The Hall–Kier alpha value is -1.30. The lowest BCUT2D eigenvalue weighted by Gasteiger charge is -2.24. The van der Waals surface area contributed by atoms with E-state index in [0.717, 1.165) is 18.1 Å². The van der Waals surface area contributed by atoms with Crippen molar-refractivity contribution < 1.29 is 4.79 Å². The highest BCUT2D eigenvalue weighted by Crippen LogP contribution is 2.24. The Morgan fingerprint density at radius 3 is 2.87 bits per heavy atom. The Morgan fingerprint density at radius 2 is 2.09 bits per heavy atom. The first-order chi connectivity index (χ1) is 11.1. The van der Waals surface area contributed by atoms with Crippen LogP contribution < -0.4 is 10.9 Å². The molecular weight excluding hydrogens is 310 g/mol. The van der Waals surface area contributed by atoms with Crippen LogP contribution in [-0.2, 0) is 11.3 Å². The molecule has 1 aromatic rings. The molecule has 1 atom stereocenters. The molecule has 0 bridgehead atoms. The minimum atomic E-state index is -0.145. The number of carbonyl (C=O) groups excluding carboxylic acids is 1. The van der Waals surface area contributed by atoms with Gasteiger partial charge in [-0.2, -0.15) is 0 Å². The van der Waals surface area contributed by atoms with Crippen molar-refractivity contribution in [2.24, 2.45) is 5.92 Å². The number of carbonyl (C=O) groups is 1. The molecule has 0 saturated carbocycles. The molecule has 0 spiro atoms.